The molecule has 3 heteroatoms. The Hall–Kier alpha value is -1.12. The van der Waals surface area contributed by atoms with E-state index in [-0.39, 0.29) is 12.4 Å². The van der Waals surface area contributed by atoms with Crippen molar-refractivity contribution in [1.82, 2.24) is 0 Å². The van der Waals surface area contributed by atoms with E-state index in [1.54, 1.807) is 6.92 Å². The van der Waals surface area contributed by atoms with Crippen LogP contribution in [0.4, 0.5) is 0 Å². The van der Waals surface area contributed by atoms with E-state index >= 15 is 0 Å². The molecule has 0 saturated heterocycles. The Morgan fingerprint density at radius 1 is 1.78 bits per heavy atom. The molecule has 0 saturated carbocycles. The number of hydrogen-bond donors (Lipinski definition) is 0. The van der Waals surface area contributed by atoms with E-state index in [1.807, 2.05) is 0 Å². The molecule has 48 valence electrons. The van der Waals surface area contributed by atoms with Gasteiger partial charge in [0, 0.05) is 0 Å². The Balaban J connectivity index is 2.65. The van der Waals surface area contributed by atoms with Gasteiger partial charge in [0.05, 0.1) is 12.4 Å². The summed E-state index contributed by atoms with van der Waals surface area (Å²) in [6.45, 7) is 1.88. The van der Waals surface area contributed by atoms with Crippen molar-refractivity contribution in [2.45, 2.75) is 6.92 Å². The molecule has 9 heavy (non-hydrogen) atoms. The van der Waals surface area contributed by atoms with E-state index in [4.69, 9.17) is 4.74 Å². The van der Waals surface area contributed by atoms with Gasteiger partial charge in [0.2, 0.25) is 5.78 Å². The largest absolute Gasteiger partial charge is 0.488 e. The van der Waals surface area contributed by atoms with Crippen LogP contribution in [0.1, 0.15) is 6.92 Å². The lowest BCUT2D eigenvalue weighted by Crippen LogP contribution is -2.06. The zero-order valence-electron chi connectivity index (χ0n) is 5.13. The van der Waals surface area contributed by atoms with Crippen LogP contribution in [0.5, 0.6) is 0 Å². The first kappa shape index (κ1) is 6.01. The zero-order chi connectivity index (χ0) is 6.69. The highest BCUT2D eigenvalue weighted by molar-refractivity contribution is 6.28. The SMILES string of the molecule is CC1=CN=CC(=O)CO1. The van der Waals surface area contributed by atoms with Crippen LogP contribution in [-0.2, 0) is 9.53 Å². The molecule has 0 spiro atoms. The Bertz CT molecular complexity index is 181. The summed E-state index contributed by atoms with van der Waals surface area (Å²) in [4.78, 5) is 14.2. The van der Waals surface area contributed by atoms with Crippen molar-refractivity contribution in [3.63, 3.8) is 0 Å². The van der Waals surface area contributed by atoms with E-state index in [9.17, 15) is 4.79 Å². The molecule has 1 aliphatic rings. The number of allylic oxidation sites excluding steroid dienone is 1. The molecule has 0 atom stereocenters. The molecule has 1 rings (SSSR count). The molecule has 3 nitrogen and oxygen atoms in total. The van der Waals surface area contributed by atoms with Crippen LogP contribution in [0.2, 0.25) is 0 Å². The Morgan fingerprint density at radius 2 is 2.56 bits per heavy atom. The predicted molar refractivity (Wildman–Crippen MR) is 33.2 cm³/mol. The third-order valence-electron chi connectivity index (χ3n) is 0.917. The second-order valence-corrected chi connectivity index (χ2v) is 1.77. The van der Waals surface area contributed by atoms with Crippen molar-refractivity contribution in [3.05, 3.63) is 12.0 Å². The summed E-state index contributed by atoms with van der Waals surface area (Å²) in [6, 6.07) is 0. The molecule has 0 N–H and O–H groups in total. The minimum absolute atomic E-state index is 0.0944. The van der Waals surface area contributed by atoms with Crippen LogP contribution < -0.4 is 0 Å². The van der Waals surface area contributed by atoms with Gasteiger partial charge in [0.15, 0.2) is 6.61 Å². The van der Waals surface area contributed by atoms with Crippen LogP contribution in [0, 0.1) is 0 Å². The summed E-state index contributed by atoms with van der Waals surface area (Å²) in [5.74, 6) is 0.584. The van der Waals surface area contributed by atoms with Crippen molar-refractivity contribution in [1.29, 1.82) is 0 Å². The lowest BCUT2D eigenvalue weighted by atomic mass is 10.5. The van der Waals surface area contributed by atoms with E-state index in [0.717, 1.165) is 0 Å². The van der Waals surface area contributed by atoms with E-state index in [2.05, 4.69) is 4.99 Å². The summed E-state index contributed by atoms with van der Waals surface area (Å²) in [5, 5.41) is 0. The molecule has 0 aliphatic carbocycles. The average molecular weight is 125 g/mol. The van der Waals surface area contributed by atoms with Crippen molar-refractivity contribution >= 4 is 12.0 Å². The molecule has 0 bridgehead atoms. The number of Topliss-reactive ketones (excluding diaryl/α,β-unsaturated/α-hetero) is 1. The van der Waals surface area contributed by atoms with Crippen molar-refractivity contribution in [2.24, 2.45) is 4.99 Å². The number of ketones is 1. The monoisotopic (exact) mass is 125 g/mol. The van der Waals surface area contributed by atoms with Crippen molar-refractivity contribution < 1.29 is 9.53 Å². The summed E-state index contributed by atoms with van der Waals surface area (Å²) in [7, 11) is 0. The second kappa shape index (κ2) is 2.44. The molecule has 0 amide bonds. The number of ether oxygens (including phenoxy) is 1. The molecule has 0 aromatic carbocycles. The normalized spacial score (nSPS) is 18.3. The number of carbonyl (C=O) groups is 1. The summed E-state index contributed by atoms with van der Waals surface area (Å²) < 4.78 is 4.90. The van der Waals surface area contributed by atoms with Crippen LogP contribution in [0.25, 0.3) is 0 Å². The highest BCUT2D eigenvalue weighted by Gasteiger charge is 2.00. The topological polar surface area (TPSA) is 38.7 Å². The molecule has 1 aliphatic heterocycles. The van der Waals surface area contributed by atoms with E-state index in [1.165, 1.54) is 12.4 Å². The fourth-order valence-electron chi connectivity index (χ4n) is 0.485. The van der Waals surface area contributed by atoms with Gasteiger partial charge in [-0.3, -0.25) is 9.79 Å². The van der Waals surface area contributed by atoms with Gasteiger partial charge in [-0.1, -0.05) is 0 Å². The maximum atomic E-state index is 10.5. The van der Waals surface area contributed by atoms with Gasteiger partial charge in [-0.25, -0.2) is 0 Å². The number of carbonyl (C=O) groups excluding carboxylic acids is 1. The maximum absolute atomic E-state index is 10.5. The molecule has 1 heterocycles. The second-order valence-electron chi connectivity index (χ2n) is 1.77. The minimum atomic E-state index is -0.0944. The van der Waals surface area contributed by atoms with Crippen LogP contribution in [-0.4, -0.2) is 18.6 Å². The molecule has 0 aromatic heterocycles. The zero-order valence-corrected chi connectivity index (χ0v) is 5.13. The van der Waals surface area contributed by atoms with Crippen molar-refractivity contribution in [2.75, 3.05) is 6.61 Å². The first-order valence-electron chi connectivity index (χ1n) is 2.64. The number of aliphatic imine (C=N–C) groups is 1. The standard InChI is InChI=1S/C6H7NO2/c1-5-2-7-3-6(8)4-9-5/h2-3H,4H2,1H3. The van der Waals surface area contributed by atoms with Crippen molar-refractivity contribution in [3.8, 4) is 0 Å². The predicted octanol–water partition coefficient (Wildman–Crippen LogP) is 0.518. The summed E-state index contributed by atoms with van der Waals surface area (Å²) in [5.41, 5.74) is 0. The summed E-state index contributed by atoms with van der Waals surface area (Å²) in [6.07, 6.45) is 2.78. The van der Waals surface area contributed by atoms with Gasteiger partial charge in [0.25, 0.3) is 0 Å². The molecule has 0 radical (unpaired) electrons. The van der Waals surface area contributed by atoms with Crippen LogP contribution in [0.15, 0.2) is 17.0 Å². The smallest absolute Gasteiger partial charge is 0.211 e. The average Bonchev–Trinajstić information content (AvgIpc) is 1.97. The first-order chi connectivity index (χ1) is 4.29. The van der Waals surface area contributed by atoms with Gasteiger partial charge in [0.1, 0.15) is 5.76 Å². The van der Waals surface area contributed by atoms with Gasteiger partial charge in [-0.2, -0.15) is 0 Å². The fourth-order valence-corrected chi connectivity index (χ4v) is 0.485. The molecule has 0 unspecified atom stereocenters. The van der Waals surface area contributed by atoms with E-state index < -0.39 is 0 Å². The molecule has 0 aromatic rings. The lowest BCUT2D eigenvalue weighted by molar-refractivity contribution is -0.115. The highest BCUT2D eigenvalue weighted by atomic mass is 16.5. The molecule has 0 fully saturated rings. The Morgan fingerprint density at radius 3 is 3.33 bits per heavy atom. The highest BCUT2D eigenvalue weighted by Crippen LogP contribution is 1.97. The van der Waals surface area contributed by atoms with Crippen LogP contribution >= 0.6 is 0 Å². The van der Waals surface area contributed by atoms with E-state index in [0.29, 0.717) is 5.76 Å². The molecular formula is C6H7NO2. The number of hydrogen-bond acceptors (Lipinski definition) is 3. The quantitative estimate of drug-likeness (QED) is 0.473. The number of nitrogens with zero attached hydrogens (tertiary/aromatic N) is 1. The third-order valence-corrected chi connectivity index (χ3v) is 0.917. The van der Waals surface area contributed by atoms with Gasteiger partial charge in [-0.15, -0.1) is 0 Å². The third kappa shape index (κ3) is 1.68. The summed E-state index contributed by atoms with van der Waals surface area (Å²) >= 11 is 0. The first-order valence-corrected chi connectivity index (χ1v) is 2.64. The van der Waals surface area contributed by atoms with Gasteiger partial charge >= 0.3 is 0 Å². The molecular weight excluding hydrogens is 118 g/mol. The number of rotatable bonds is 0. The van der Waals surface area contributed by atoms with Gasteiger partial charge < -0.3 is 4.74 Å². The fraction of sp³-hybridized carbons (Fsp3) is 0.333. The minimum Gasteiger partial charge on any atom is -0.488 e. The lowest BCUT2D eigenvalue weighted by Gasteiger charge is -1.97. The van der Waals surface area contributed by atoms with Crippen LogP contribution in [0.3, 0.4) is 0 Å². The maximum Gasteiger partial charge on any atom is 0.211 e. The Labute approximate surface area is 53.0 Å². The Kier molecular flexibility index (Phi) is 1.63. The van der Waals surface area contributed by atoms with Gasteiger partial charge in [-0.05, 0) is 6.92 Å².